The van der Waals surface area contributed by atoms with Crippen molar-refractivity contribution in [3.05, 3.63) is 29.8 Å². The lowest BCUT2D eigenvalue weighted by atomic mass is 10.0. The number of rotatable bonds is 5. The molecule has 0 atom stereocenters. The van der Waals surface area contributed by atoms with Gasteiger partial charge in [0.15, 0.2) is 0 Å². The number of nitrogens with one attached hydrogen (secondary N) is 1. The quantitative estimate of drug-likeness (QED) is 0.781. The number of aromatic nitrogens is 4. The number of hydrogen-bond acceptors (Lipinski definition) is 3. The Kier molecular flexibility index (Phi) is 3.64. The Morgan fingerprint density at radius 1 is 1.25 bits per heavy atom. The van der Waals surface area contributed by atoms with Gasteiger partial charge in [-0.1, -0.05) is 38.0 Å². The molecule has 0 aliphatic rings. The van der Waals surface area contributed by atoms with Crippen LogP contribution in [0.1, 0.15) is 31.7 Å². The summed E-state index contributed by atoms with van der Waals surface area (Å²) in [5.74, 6) is 0.664. The van der Waals surface area contributed by atoms with E-state index in [9.17, 15) is 0 Å². The number of unbranched alkanes of at least 4 members (excludes halogenated alkanes) is 2. The normalized spacial score (nSPS) is 10.6. The van der Waals surface area contributed by atoms with Crippen LogP contribution in [-0.2, 0) is 6.42 Å². The second kappa shape index (κ2) is 5.39. The molecule has 0 spiro atoms. The zero-order chi connectivity index (χ0) is 11.2. The smallest absolute Gasteiger partial charge is 0.177 e. The van der Waals surface area contributed by atoms with E-state index in [1.807, 2.05) is 12.1 Å². The molecule has 0 unspecified atom stereocenters. The van der Waals surface area contributed by atoms with Crippen LogP contribution in [0.4, 0.5) is 0 Å². The number of nitrogens with zero attached hydrogens (tertiary/aromatic N) is 3. The van der Waals surface area contributed by atoms with Crippen LogP contribution in [0.3, 0.4) is 0 Å². The maximum atomic E-state index is 3.98. The molecule has 1 aromatic carbocycles. The molecule has 1 heterocycles. The predicted octanol–water partition coefficient (Wildman–Crippen LogP) is 2.60. The van der Waals surface area contributed by atoms with Crippen molar-refractivity contribution >= 4 is 0 Å². The Labute approximate surface area is 95.1 Å². The highest BCUT2D eigenvalue weighted by Crippen LogP contribution is 2.16. The van der Waals surface area contributed by atoms with Gasteiger partial charge in [0.1, 0.15) is 0 Å². The van der Waals surface area contributed by atoms with Crippen LogP contribution in [-0.4, -0.2) is 20.6 Å². The minimum Gasteiger partial charge on any atom is -0.177 e. The highest BCUT2D eigenvalue weighted by atomic mass is 15.5. The summed E-state index contributed by atoms with van der Waals surface area (Å²) in [4.78, 5) is 0. The fraction of sp³-hybridized carbons (Fsp3) is 0.417. The molecule has 0 amide bonds. The Bertz CT molecular complexity index is 422. The van der Waals surface area contributed by atoms with Crippen LogP contribution < -0.4 is 0 Å². The minimum atomic E-state index is 0.664. The van der Waals surface area contributed by atoms with Crippen LogP contribution in [0, 0.1) is 0 Å². The highest BCUT2D eigenvalue weighted by molar-refractivity contribution is 5.54. The van der Waals surface area contributed by atoms with Gasteiger partial charge < -0.3 is 0 Å². The maximum Gasteiger partial charge on any atom is 0.204 e. The molecule has 4 heteroatoms. The summed E-state index contributed by atoms with van der Waals surface area (Å²) < 4.78 is 0. The predicted molar refractivity (Wildman–Crippen MR) is 62.8 cm³/mol. The molecular formula is C12H16N4. The van der Waals surface area contributed by atoms with E-state index < -0.39 is 0 Å². The second-order valence-electron chi connectivity index (χ2n) is 3.89. The first-order valence-corrected chi connectivity index (χ1v) is 5.73. The lowest BCUT2D eigenvalue weighted by Gasteiger charge is -2.02. The summed E-state index contributed by atoms with van der Waals surface area (Å²) >= 11 is 0. The number of aryl methyl sites for hydroxylation is 1. The first-order chi connectivity index (χ1) is 7.90. The number of hydrogen-bond donors (Lipinski definition) is 1. The molecule has 0 saturated heterocycles. The zero-order valence-corrected chi connectivity index (χ0v) is 9.48. The van der Waals surface area contributed by atoms with Crippen molar-refractivity contribution in [3.63, 3.8) is 0 Å². The second-order valence-corrected chi connectivity index (χ2v) is 3.89. The molecule has 4 nitrogen and oxygen atoms in total. The van der Waals surface area contributed by atoms with Crippen LogP contribution in [0.2, 0.25) is 0 Å². The Hall–Kier alpha value is -1.71. The van der Waals surface area contributed by atoms with Crippen molar-refractivity contribution in [2.45, 2.75) is 32.6 Å². The molecule has 16 heavy (non-hydrogen) atoms. The van der Waals surface area contributed by atoms with Gasteiger partial charge in [-0.05, 0) is 29.7 Å². The van der Waals surface area contributed by atoms with E-state index >= 15 is 0 Å². The van der Waals surface area contributed by atoms with Crippen molar-refractivity contribution < 1.29 is 0 Å². The van der Waals surface area contributed by atoms with Gasteiger partial charge in [0, 0.05) is 5.56 Å². The fourth-order valence-electron chi connectivity index (χ4n) is 1.73. The Balaban J connectivity index is 2.08. The van der Waals surface area contributed by atoms with E-state index in [1.165, 1.54) is 24.8 Å². The number of tetrazole rings is 1. The average molecular weight is 216 g/mol. The van der Waals surface area contributed by atoms with E-state index in [0.717, 1.165) is 12.0 Å². The molecule has 0 bridgehead atoms. The van der Waals surface area contributed by atoms with E-state index in [4.69, 9.17) is 0 Å². The SMILES string of the molecule is CCCCCc1cccc(-c2nn[nH]n2)c1. The summed E-state index contributed by atoms with van der Waals surface area (Å²) in [5.41, 5.74) is 2.37. The maximum absolute atomic E-state index is 3.98. The summed E-state index contributed by atoms with van der Waals surface area (Å²) in [7, 11) is 0. The monoisotopic (exact) mass is 216 g/mol. The molecule has 0 aliphatic heterocycles. The van der Waals surface area contributed by atoms with Crippen LogP contribution in [0.5, 0.6) is 0 Å². The summed E-state index contributed by atoms with van der Waals surface area (Å²) in [5, 5.41) is 14.0. The molecule has 2 rings (SSSR count). The van der Waals surface area contributed by atoms with Gasteiger partial charge in [0.2, 0.25) is 5.82 Å². The van der Waals surface area contributed by atoms with Gasteiger partial charge in [-0.3, -0.25) is 0 Å². The first-order valence-electron chi connectivity index (χ1n) is 5.73. The molecule has 1 aromatic heterocycles. The topological polar surface area (TPSA) is 54.5 Å². The summed E-state index contributed by atoms with van der Waals surface area (Å²) in [6, 6.07) is 8.35. The van der Waals surface area contributed by atoms with Crippen molar-refractivity contribution in [2.75, 3.05) is 0 Å². The lowest BCUT2D eigenvalue weighted by Crippen LogP contribution is -1.88. The van der Waals surface area contributed by atoms with Crippen molar-refractivity contribution in [1.29, 1.82) is 0 Å². The molecule has 1 N–H and O–H groups in total. The lowest BCUT2D eigenvalue weighted by molar-refractivity contribution is 0.717. The minimum absolute atomic E-state index is 0.664. The number of aromatic amines is 1. The largest absolute Gasteiger partial charge is 0.204 e. The van der Waals surface area contributed by atoms with Crippen LogP contribution in [0.25, 0.3) is 11.4 Å². The standard InChI is InChI=1S/C12H16N4/c1-2-3-4-6-10-7-5-8-11(9-10)12-13-15-16-14-12/h5,7-9H,2-4,6H2,1H3,(H,13,14,15,16). The van der Waals surface area contributed by atoms with Gasteiger partial charge in [-0.15, -0.1) is 10.2 Å². The van der Waals surface area contributed by atoms with E-state index in [1.54, 1.807) is 0 Å². The van der Waals surface area contributed by atoms with Gasteiger partial charge in [0.05, 0.1) is 0 Å². The molecule has 0 radical (unpaired) electrons. The average Bonchev–Trinajstić information content (AvgIpc) is 2.83. The van der Waals surface area contributed by atoms with Crippen molar-refractivity contribution in [1.82, 2.24) is 20.6 Å². The molecular weight excluding hydrogens is 200 g/mol. The molecule has 84 valence electrons. The zero-order valence-electron chi connectivity index (χ0n) is 9.48. The molecule has 2 aromatic rings. The first kappa shape index (κ1) is 10.8. The van der Waals surface area contributed by atoms with Crippen LogP contribution >= 0.6 is 0 Å². The highest BCUT2D eigenvalue weighted by Gasteiger charge is 2.03. The number of H-pyrrole nitrogens is 1. The van der Waals surface area contributed by atoms with Gasteiger partial charge in [-0.25, -0.2) is 0 Å². The van der Waals surface area contributed by atoms with Gasteiger partial charge in [-0.2, -0.15) is 5.21 Å². The van der Waals surface area contributed by atoms with E-state index in [0.29, 0.717) is 5.82 Å². The summed E-state index contributed by atoms with van der Waals surface area (Å²) in [6.07, 6.45) is 4.91. The Morgan fingerprint density at radius 2 is 2.19 bits per heavy atom. The Morgan fingerprint density at radius 3 is 2.94 bits per heavy atom. The van der Waals surface area contributed by atoms with Crippen molar-refractivity contribution in [3.8, 4) is 11.4 Å². The van der Waals surface area contributed by atoms with E-state index in [-0.39, 0.29) is 0 Å². The third-order valence-corrected chi connectivity index (χ3v) is 2.60. The number of benzene rings is 1. The molecule has 0 fully saturated rings. The fourth-order valence-corrected chi connectivity index (χ4v) is 1.73. The third-order valence-electron chi connectivity index (χ3n) is 2.60. The molecule has 0 saturated carbocycles. The molecule has 0 aliphatic carbocycles. The van der Waals surface area contributed by atoms with E-state index in [2.05, 4.69) is 39.7 Å². The van der Waals surface area contributed by atoms with Crippen LogP contribution in [0.15, 0.2) is 24.3 Å². The van der Waals surface area contributed by atoms with Gasteiger partial charge in [0.25, 0.3) is 0 Å². The third kappa shape index (κ3) is 2.66. The summed E-state index contributed by atoms with van der Waals surface area (Å²) in [6.45, 7) is 2.22. The van der Waals surface area contributed by atoms with Gasteiger partial charge >= 0.3 is 0 Å². The van der Waals surface area contributed by atoms with Crippen molar-refractivity contribution in [2.24, 2.45) is 0 Å².